The lowest BCUT2D eigenvalue weighted by atomic mass is 10.1. The number of aliphatic carboxylic acids is 2. The minimum Gasteiger partial charge on any atom is -0.475 e. The van der Waals surface area contributed by atoms with E-state index in [1.807, 2.05) is 24.3 Å². The van der Waals surface area contributed by atoms with E-state index >= 15 is 0 Å². The van der Waals surface area contributed by atoms with E-state index in [1.165, 1.54) is 31.4 Å². The average molecular weight is 549 g/mol. The van der Waals surface area contributed by atoms with Crippen molar-refractivity contribution in [1.29, 1.82) is 0 Å². The Bertz CT molecular complexity index is 1050. The Balaban J connectivity index is 0.000000301. The highest BCUT2D eigenvalue weighted by Crippen LogP contribution is 2.41. The summed E-state index contributed by atoms with van der Waals surface area (Å²) in [4.78, 5) is 34.0. The number of alkyl halides is 6. The van der Waals surface area contributed by atoms with Gasteiger partial charge in [0.05, 0.1) is 0 Å². The van der Waals surface area contributed by atoms with Crippen LogP contribution in [0.1, 0.15) is 46.7 Å². The number of halogens is 6. The zero-order valence-corrected chi connectivity index (χ0v) is 19.7. The summed E-state index contributed by atoms with van der Waals surface area (Å²) in [7, 11) is 0. The molecule has 1 heterocycles. The van der Waals surface area contributed by atoms with Crippen LogP contribution in [0.5, 0.6) is 0 Å². The minimum atomic E-state index is -5.08. The second-order valence-electron chi connectivity index (χ2n) is 8.57. The zero-order chi connectivity index (χ0) is 28.5. The van der Waals surface area contributed by atoms with Gasteiger partial charge in [-0.15, -0.1) is 0 Å². The fourth-order valence-corrected chi connectivity index (χ4v) is 3.10. The number of hydrogen-bond acceptors (Lipinski definition) is 5. The maximum atomic E-state index is 12.2. The van der Waals surface area contributed by atoms with E-state index in [-0.39, 0.29) is 5.91 Å². The van der Waals surface area contributed by atoms with Gasteiger partial charge in [-0.3, -0.25) is 9.78 Å². The standard InChI is InChI=1S/C20H23N3O.2C2HF3O2/c24-20(23-13-15-7-9-21-10-8-15)17-5-3-16(4-6-17)18-11-19(18)22-12-14-1-2-14;2*3-2(4,5)1(6)7/h3-10,14,18-19,22H,1-2,11-13H2,(H,23,24);2*(H,6,7). The molecule has 2 saturated carbocycles. The molecule has 2 aliphatic carbocycles. The molecule has 0 spiro atoms. The number of carboxylic acid groups (broad SMARTS) is 2. The molecule has 38 heavy (non-hydrogen) atoms. The fourth-order valence-electron chi connectivity index (χ4n) is 3.10. The van der Waals surface area contributed by atoms with Crippen LogP contribution in [0, 0.1) is 5.92 Å². The van der Waals surface area contributed by atoms with Crippen LogP contribution in [0.4, 0.5) is 26.3 Å². The first kappa shape index (κ1) is 30.5. The summed E-state index contributed by atoms with van der Waals surface area (Å²) >= 11 is 0. The summed E-state index contributed by atoms with van der Waals surface area (Å²) in [5.41, 5.74) is 3.11. The first-order chi connectivity index (χ1) is 17.7. The summed E-state index contributed by atoms with van der Waals surface area (Å²) in [5, 5.41) is 20.9. The van der Waals surface area contributed by atoms with Crippen molar-refractivity contribution in [1.82, 2.24) is 15.6 Å². The van der Waals surface area contributed by atoms with Crippen molar-refractivity contribution in [3.63, 3.8) is 0 Å². The lowest BCUT2D eigenvalue weighted by Crippen LogP contribution is -2.22. The summed E-state index contributed by atoms with van der Waals surface area (Å²) in [5.74, 6) is -3.99. The van der Waals surface area contributed by atoms with Crippen LogP contribution in [0.2, 0.25) is 0 Å². The number of pyridine rings is 1. The molecule has 4 rings (SSSR count). The van der Waals surface area contributed by atoms with Gasteiger partial charge >= 0.3 is 24.3 Å². The van der Waals surface area contributed by atoms with Crippen LogP contribution >= 0.6 is 0 Å². The fraction of sp³-hybridized carbons (Fsp3) is 0.417. The number of rotatable bonds is 7. The Morgan fingerprint density at radius 1 is 0.868 bits per heavy atom. The van der Waals surface area contributed by atoms with Gasteiger partial charge in [0.15, 0.2) is 0 Å². The Morgan fingerprint density at radius 3 is 1.82 bits per heavy atom. The molecule has 2 atom stereocenters. The number of carboxylic acids is 2. The predicted molar refractivity (Wildman–Crippen MR) is 121 cm³/mol. The van der Waals surface area contributed by atoms with Crippen LogP contribution < -0.4 is 10.6 Å². The highest BCUT2D eigenvalue weighted by molar-refractivity contribution is 5.94. The van der Waals surface area contributed by atoms with Crippen LogP contribution in [0.15, 0.2) is 48.8 Å². The maximum Gasteiger partial charge on any atom is 0.490 e. The smallest absolute Gasteiger partial charge is 0.475 e. The first-order valence-corrected chi connectivity index (χ1v) is 11.3. The second kappa shape index (κ2) is 13.2. The van der Waals surface area contributed by atoms with E-state index in [4.69, 9.17) is 19.8 Å². The van der Waals surface area contributed by atoms with Gasteiger partial charge in [-0.25, -0.2) is 9.59 Å². The molecule has 0 bridgehead atoms. The van der Waals surface area contributed by atoms with Crippen LogP contribution in [-0.4, -0.2) is 58.0 Å². The van der Waals surface area contributed by atoms with Crippen molar-refractivity contribution < 1.29 is 50.9 Å². The van der Waals surface area contributed by atoms with Crippen molar-refractivity contribution in [2.75, 3.05) is 6.54 Å². The monoisotopic (exact) mass is 549 g/mol. The number of amides is 1. The third-order valence-electron chi connectivity index (χ3n) is 5.44. The van der Waals surface area contributed by atoms with Crippen molar-refractivity contribution in [3.05, 3.63) is 65.5 Å². The molecule has 0 radical (unpaired) electrons. The van der Waals surface area contributed by atoms with Crippen molar-refractivity contribution >= 4 is 17.8 Å². The molecule has 14 heteroatoms. The third-order valence-corrected chi connectivity index (χ3v) is 5.44. The first-order valence-electron chi connectivity index (χ1n) is 11.3. The summed E-state index contributed by atoms with van der Waals surface area (Å²) < 4.78 is 63.5. The highest BCUT2D eigenvalue weighted by Gasteiger charge is 2.39. The molecule has 1 amide bonds. The second-order valence-corrected chi connectivity index (χ2v) is 8.57. The highest BCUT2D eigenvalue weighted by atomic mass is 19.4. The molecule has 4 N–H and O–H groups in total. The molecule has 8 nitrogen and oxygen atoms in total. The predicted octanol–water partition coefficient (Wildman–Crippen LogP) is 4.13. The van der Waals surface area contributed by atoms with Crippen LogP contribution in [0.3, 0.4) is 0 Å². The maximum absolute atomic E-state index is 12.2. The molecule has 2 unspecified atom stereocenters. The molecule has 1 aromatic carbocycles. The number of aromatic nitrogens is 1. The summed E-state index contributed by atoms with van der Waals surface area (Å²) in [6, 6.07) is 12.5. The van der Waals surface area contributed by atoms with Gasteiger partial charge in [-0.2, -0.15) is 26.3 Å². The van der Waals surface area contributed by atoms with Gasteiger partial charge in [0.25, 0.3) is 5.91 Å². The van der Waals surface area contributed by atoms with Crippen molar-refractivity contribution in [3.8, 4) is 0 Å². The van der Waals surface area contributed by atoms with Gasteiger partial charge in [-0.1, -0.05) is 12.1 Å². The molecular weight excluding hydrogens is 524 g/mol. The molecule has 0 saturated heterocycles. The van der Waals surface area contributed by atoms with Gasteiger partial charge in [-0.05, 0) is 67.1 Å². The molecule has 2 aromatic rings. The Morgan fingerprint density at radius 2 is 1.37 bits per heavy atom. The van der Waals surface area contributed by atoms with Crippen molar-refractivity contribution in [2.24, 2.45) is 5.92 Å². The average Bonchev–Trinajstić information content (AvgIpc) is 3.77. The van der Waals surface area contributed by atoms with Gasteiger partial charge in [0, 0.05) is 36.5 Å². The summed E-state index contributed by atoms with van der Waals surface area (Å²) in [6.45, 7) is 1.70. The number of hydrogen-bond donors (Lipinski definition) is 4. The molecule has 1 aromatic heterocycles. The number of carbonyl (C=O) groups excluding carboxylic acids is 1. The van der Waals surface area contributed by atoms with E-state index in [1.54, 1.807) is 12.4 Å². The number of carbonyl (C=O) groups is 3. The molecular formula is C24H25F6N3O5. The van der Waals surface area contributed by atoms with Crippen LogP contribution in [0.25, 0.3) is 0 Å². The minimum absolute atomic E-state index is 0.0300. The largest absolute Gasteiger partial charge is 0.490 e. The lowest BCUT2D eigenvalue weighted by molar-refractivity contribution is -0.193. The van der Waals surface area contributed by atoms with E-state index in [9.17, 15) is 31.1 Å². The molecule has 208 valence electrons. The van der Waals surface area contributed by atoms with Crippen molar-refractivity contribution in [2.45, 2.75) is 50.1 Å². The Labute approximate surface area is 213 Å². The molecule has 2 fully saturated rings. The van der Waals surface area contributed by atoms with E-state index in [0.29, 0.717) is 18.5 Å². The third kappa shape index (κ3) is 11.2. The Kier molecular flexibility index (Phi) is 10.6. The SMILES string of the molecule is O=C(NCc1ccncc1)c1ccc(C2CC2NCC2CC2)cc1.O=C(O)C(F)(F)F.O=C(O)C(F)(F)F. The van der Waals surface area contributed by atoms with E-state index in [2.05, 4.69) is 27.8 Å². The normalized spacial score (nSPS) is 18.2. The van der Waals surface area contributed by atoms with Gasteiger partial charge < -0.3 is 20.8 Å². The number of nitrogens with one attached hydrogen (secondary N) is 2. The Hall–Kier alpha value is -3.68. The molecule has 2 aliphatic rings. The van der Waals surface area contributed by atoms with Crippen LogP contribution in [-0.2, 0) is 16.1 Å². The van der Waals surface area contributed by atoms with Gasteiger partial charge in [0.2, 0.25) is 0 Å². The zero-order valence-electron chi connectivity index (χ0n) is 19.7. The number of benzene rings is 1. The van der Waals surface area contributed by atoms with Gasteiger partial charge in [0.1, 0.15) is 0 Å². The number of nitrogens with zero attached hydrogens (tertiary/aromatic N) is 1. The quantitative estimate of drug-likeness (QED) is 0.383. The lowest BCUT2D eigenvalue weighted by Gasteiger charge is -2.07. The van der Waals surface area contributed by atoms with E-state index in [0.717, 1.165) is 17.0 Å². The molecule has 0 aliphatic heterocycles. The summed E-state index contributed by atoms with van der Waals surface area (Å²) in [6.07, 6.45) is -2.68. The van der Waals surface area contributed by atoms with E-state index < -0.39 is 24.3 Å². The topological polar surface area (TPSA) is 129 Å².